The lowest BCUT2D eigenvalue weighted by Crippen LogP contribution is -2.49. The van der Waals surface area contributed by atoms with Crippen LogP contribution < -0.4 is 5.32 Å². The third-order valence-corrected chi connectivity index (χ3v) is 2.58. The van der Waals surface area contributed by atoms with E-state index in [0.29, 0.717) is 13.1 Å². The Morgan fingerprint density at radius 2 is 2.00 bits per heavy atom. The maximum absolute atomic E-state index is 10.1. The van der Waals surface area contributed by atoms with Crippen molar-refractivity contribution in [1.82, 2.24) is 10.2 Å². The predicted molar refractivity (Wildman–Crippen MR) is 51.6 cm³/mol. The molecule has 0 amide bonds. The molecule has 1 rings (SSSR count). The van der Waals surface area contributed by atoms with Crippen LogP contribution in [0.4, 0.5) is 0 Å². The van der Waals surface area contributed by atoms with Crippen LogP contribution >= 0.6 is 0 Å². The third-order valence-electron chi connectivity index (χ3n) is 2.58. The van der Waals surface area contributed by atoms with Crippen LogP contribution in [-0.2, 0) is 0 Å². The fourth-order valence-electron chi connectivity index (χ4n) is 1.80. The molecule has 3 N–H and O–H groups in total. The Labute approximate surface area is 79.6 Å². The lowest BCUT2D eigenvalue weighted by atomic mass is 9.92. The van der Waals surface area contributed by atoms with Crippen LogP contribution in [0.2, 0.25) is 0 Å². The van der Waals surface area contributed by atoms with Gasteiger partial charge in [-0.3, -0.25) is 0 Å². The van der Waals surface area contributed by atoms with E-state index >= 15 is 0 Å². The predicted octanol–water partition coefficient (Wildman–Crippen LogP) is -0.975. The lowest BCUT2D eigenvalue weighted by Gasteiger charge is -2.35. The lowest BCUT2D eigenvalue weighted by molar-refractivity contribution is -0.0175. The molecule has 0 aliphatic carbocycles. The second kappa shape index (κ2) is 4.91. The van der Waals surface area contributed by atoms with Gasteiger partial charge in [-0.2, -0.15) is 0 Å². The third kappa shape index (κ3) is 3.60. The molecular weight excluding hydrogens is 168 g/mol. The van der Waals surface area contributed by atoms with Crippen LogP contribution in [-0.4, -0.2) is 60.5 Å². The molecule has 1 aliphatic heterocycles. The molecule has 0 aromatic rings. The second-order valence-corrected chi connectivity index (χ2v) is 3.94. The largest absolute Gasteiger partial charge is 0.395 e. The SMILES string of the molecule is CN(CCO)CC1(O)CCNCC1. The van der Waals surface area contributed by atoms with Crippen molar-refractivity contribution in [1.29, 1.82) is 0 Å². The number of rotatable bonds is 4. The molecule has 0 radical (unpaired) electrons. The quantitative estimate of drug-likeness (QED) is 0.531. The van der Waals surface area contributed by atoms with E-state index in [1.54, 1.807) is 0 Å². The van der Waals surface area contributed by atoms with E-state index in [0.717, 1.165) is 25.9 Å². The number of aliphatic hydroxyl groups is 2. The molecule has 0 bridgehead atoms. The van der Waals surface area contributed by atoms with Gasteiger partial charge in [-0.05, 0) is 33.0 Å². The highest BCUT2D eigenvalue weighted by molar-refractivity contribution is 4.86. The minimum Gasteiger partial charge on any atom is -0.395 e. The molecule has 4 nitrogen and oxygen atoms in total. The molecule has 1 fully saturated rings. The molecule has 4 heteroatoms. The first-order valence-electron chi connectivity index (χ1n) is 4.89. The molecule has 0 atom stereocenters. The van der Waals surface area contributed by atoms with Gasteiger partial charge in [0.1, 0.15) is 0 Å². The molecule has 0 spiro atoms. The van der Waals surface area contributed by atoms with E-state index in [4.69, 9.17) is 5.11 Å². The highest BCUT2D eigenvalue weighted by Gasteiger charge is 2.29. The van der Waals surface area contributed by atoms with Gasteiger partial charge in [-0.1, -0.05) is 0 Å². The molecule has 78 valence electrons. The first-order valence-corrected chi connectivity index (χ1v) is 4.89. The van der Waals surface area contributed by atoms with Gasteiger partial charge in [0.15, 0.2) is 0 Å². The average molecular weight is 188 g/mol. The number of nitrogens with zero attached hydrogens (tertiary/aromatic N) is 1. The first kappa shape index (κ1) is 10.9. The summed E-state index contributed by atoms with van der Waals surface area (Å²) in [4.78, 5) is 1.98. The Morgan fingerprint density at radius 1 is 1.38 bits per heavy atom. The van der Waals surface area contributed by atoms with E-state index in [9.17, 15) is 5.11 Å². The highest BCUT2D eigenvalue weighted by Crippen LogP contribution is 2.18. The fourth-order valence-corrected chi connectivity index (χ4v) is 1.80. The van der Waals surface area contributed by atoms with Crippen molar-refractivity contribution < 1.29 is 10.2 Å². The summed E-state index contributed by atoms with van der Waals surface area (Å²) < 4.78 is 0. The standard InChI is InChI=1S/C9H20N2O2/c1-11(6-7-12)8-9(13)2-4-10-5-3-9/h10,12-13H,2-8H2,1H3. The van der Waals surface area contributed by atoms with Crippen LogP contribution in [0.5, 0.6) is 0 Å². The van der Waals surface area contributed by atoms with Crippen molar-refractivity contribution in [2.75, 3.05) is 39.8 Å². The summed E-state index contributed by atoms with van der Waals surface area (Å²) >= 11 is 0. The summed E-state index contributed by atoms with van der Waals surface area (Å²) in [6, 6.07) is 0. The van der Waals surface area contributed by atoms with Crippen LogP contribution in [0.3, 0.4) is 0 Å². The number of likely N-dealkylation sites (N-methyl/N-ethyl adjacent to an activating group) is 1. The van der Waals surface area contributed by atoms with E-state index in [-0.39, 0.29) is 6.61 Å². The first-order chi connectivity index (χ1) is 6.16. The topological polar surface area (TPSA) is 55.7 Å². The molecule has 0 saturated carbocycles. The maximum Gasteiger partial charge on any atom is 0.0798 e. The van der Waals surface area contributed by atoms with Crippen molar-refractivity contribution in [2.45, 2.75) is 18.4 Å². The van der Waals surface area contributed by atoms with E-state index in [1.807, 2.05) is 11.9 Å². The fraction of sp³-hybridized carbons (Fsp3) is 1.00. The molecule has 1 aliphatic rings. The van der Waals surface area contributed by atoms with Gasteiger partial charge < -0.3 is 20.4 Å². The summed E-state index contributed by atoms with van der Waals surface area (Å²) in [6.07, 6.45) is 1.62. The molecular formula is C9H20N2O2. The van der Waals surface area contributed by atoms with Gasteiger partial charge >= 0.3 is 0 Å². The Hall–Kier alpha value is -0.160. The zero-order chi connectivity index (χ0) is 9.73. The van der Waals surface area contributed by atoms with Crippen LogP contribution in [0, 0.1) is 0 Å². The minimum atomic E-state index is -0.546. The number of hydrogen-bond acceptors (Lipinski definition) is 4. The zero-order valence-corrected chi connectivity index (χ0v) is 8.29. The molecule has 0 aromatic heterocycles. The average Bonchev–Trinajstić information content (AvgIpc) is 2.04. The van der Waals surface area contributed by atoms with Crippen molar-refractivity contribution in [2.24, 2.45) is 0 Å². The Kier molecular flexibility index (Phi) is 4.12. The number of aliphatic hydroxyl groups excluding tert-OH is 1. The Morgan fingerprint density at radius 3 is 2.54 bits per heavy atom. The van der Waals surface area contributed by atoms with Crippen molar-refractivity contribution in [3.63, 3.8) is 0 Å². The highest BCUT2D eigenvalue weighted by atomic mass is 16.3. The normalized spacial score (nSPS) is 22.2. The summed E-state index contributed by atoms with van der Waals surface area (Å²) in [7, 11) is 1.93. The number of hydrogen-bond donors (Lipinski definition) is 3. The molecule has 1 heterocycles. The summed E-state index contributed by atoms with van der Waals surface area (Å²) in [5.74, 6) is 0. The smallest absolute Gasteiger partial charge is 0.0798 e. The minimum absolute atomic E-state index is 0.158. The van der Waals surface area contributed by atoms with Gasteiger partial charge in [0, 0.05) is 13.1 Å². The monoisotopic (exact) mass is 188 g/mol. The Balaban J connectivity index is 2.31. The van der Waals surface area contributed by atoms with Gasteiger partial charge in [-0.25, -0.2) is 0 Å². The molecule has 1 saturated heterocycles. The molecule has 0 aromatic carbocycles. The Bertz CT molecular complexity index is 147. The second-order valence-electron chi connectivity index (χ2n) is 3.94. The van der Waals surface area contributed by atoms with Crippen LogP contribution in [0.15, 0.2) is 0 Å². The summed E-state index contributed by atoms with van der Waals surface area (Å²) in [5.41, 5.74) is -0.546. The molecule has 0 unspecified atom stereocenters. The van der Waals surface area contributed by atoms with Crippen LogP contribution in [0.25, 0.3) is 0 Å². The van der Waals surface area contributed by atoms with E-state index < -0.39 is 5.60 Å². The van der Waals surface area contributed by atoms with Crippen molar-refractivity contribution >= 4 is 0 Å². The summed E-state index contributed by atoms with van der Waals surface area (Å²) in [6.45, 7) is 3.24. The summed E-state index contributed by atoms with van der Waals surface area (Å²) in [5, 5.41) is 22.0. The van der Waals surface area contributed by atoms with Crippen LogP contribution in [0.1, 0.15) is 12.8 Å². The van der Waals surface area contributed by atoms with E-state index in [2.05, 4.69) is 5.32 Å². The van der Waals surface area contributed by atoms with Gasteiger partial charge in [0.2, 0.25) is 0 Å². The maximum atomic E-state index is 10.1. The molecule has 13 heavy (non-hydrogen) atoms. The van der Waals surface area contributed by atoms with E-state index in [1.165, 1.54) is 0 Å². The van der Waals surface area contributed by atoms with Crippen molar-refractivity contribution in [3.8, 4) is 0 Å². The van der Waals surface area contributed by atoms with Gasteiger partial charge in [0.05, 0.1) is 12.2 Å². The zero-order valence-electron chi connectivity index (χ0n) is 8.29. The number of piperidine rings is 1. The van der Waals surface area contributed by atoms with Gasteiger partial charge in [-0.15, -0.1) is 0 Å². The van der Waals surface area contributed by atoms with Crippen molar-refractivity contribution in [3.05, 3.63) is 0 Å². The van der Waals surface area contributed by atoms with Gasteiger partial charge in [0.25, 0.3) is 0 Å². The number of nitrogens with one attached hydrogen (secondary N) is 1.